The molecule has 1 aliphatic heterocycles. The minimum absolute atomic E-state index is 0. The molecule has 0 unspecified atom stereocenters. The number of nitrogens with zero attached hydrogens (tertiary/aromatic N) is 2. The van der Waals surface area contributed by atoms with Crippen LogP contribution in [0.1, 0.15) is 51.9 Å². The summed E-state index contributed by atoms with van der Waals surface area (Å²) in [5.41, 5.74) is 0. The molecule has 154 valence electrons. The van der Waals surface area contributed by atoms with Crippen LogP contribution >= 0.6 is 24.0 Å². The molecular formula is C18H34F3IN4. The lowest BCUT2D eigenvalue weighted by molar-refractivity contribution is -0.148. The van der Waals surface area contributed by atoms with Crippen molar-refractivity contribution in [2.75, 3.05) is 33.2 Å². The number of nitrogens with one attached hydrogen (secondary N) is 2. The van der Waals surface area contributed by atoms with Crippen molar-refractivity contribution in [1.29, 1.82) is 0 Å². The second-order valence-electron chi connectivity index (χ2n) is 7.72. The number of hydrogen-bond donors (Lipinski definition) is 2. The van der Waals surface area contributed by atoms with Gasteiger partial charge in [0.2, 0.25) is 0 Å². The molecular weight excluding hydrogens is 456 g/mol. The summed E-state index contributed by atoms with van der Waals surface area (Å²) >= 11 is 0. The van der Waals surface area contributed by atoms with Crippen molar-refractivity contribution in [3.05, 3.63) is 0 Å². The maximum atomic E-state index is 12.4. The zero-order valence-corrected chi connectivity index (χ0v) is 18.3. The first-order chi connectivity index (χ1) is 11.9. The van der Waals surface area contributed by atoms with E-state index in [9.17, 15) is 13.2 Å². The molecule has 1 saturated heterocycles. The van der Waals surface area contributed by atoms with Gasteiger partial charge in [-0.25, -0.2) is 0 Å². The summed E-state index contributed by atoms with van der Waals surface area (Å²) in [6.07, 6.45) is 3.54. The van der Waals surface area contributed by atoms with Gasteiger partial charge in [0.1, 0.15) is 0 Å². The van der Waals surface area contributed by atoms with E-state index in [4.69, 9.17) is 0 Å². The van der Waals surface area contributed by atoms with Crippen LogP contribution in [0, 0.1) is 11.8 Å². The van der Waals surface area contributed by atoms with E-state index in [2.05, 4.69) is 22.5 Å². The molecule has 0 amide bonds. The Morgan fingerprint density at radius 1 is 1.08 bits per heavy atom. The van der Waals surface area contributed by atoms with Gasteiger partial charge < -0.3 is 10.6 Å². The van der Waals surface area contributed by atoms with Crippen LogP contribution in [0.4, 0.5) is 13.2 Å². The van der Waals surface area contributed by atoms with Gasteiger partial charge in [0, 0.05) is 19.6 Å². The Labute approximate surface area is 172 Å². The fraction of sp³-hybridized carbons (Fsp3) is 0.944. The molecule has 1 heterocycles. The van der Waals surface area contributed by atoms with E-state index in [0.29, 0.717) is 25.0 Å². The third kappa shape index (κ3) is 9.10. The highest BCUT2D eigenvalue weighted by Gasteiger charge is 2.32. The Kier molecular flexibility index (Phi) is 10.6. The minimum atomic E-state index is -4.08. The summed E-state index contributed by atoms with van der Waals surface area (Å²) < 4.78 is 37.2. The molecule has 1 aliphatic carbocycles. The van der Waals surface area contributed by atoms with E-state index in [0.717, 1.165) is 37.7 Å². The normalized spacial score (nSPS) is 26.3. The van der Waals surface area contributed by atoms with Gasteiger partial charge in [-0.15, -0.1) is 24.0 Å². The standard InChI is InChI=1S/C18H33F3N4.HI/c1-14-3-5-16(6-4-14)24-17(22-2)23-10-7-15-8-11-25(12-9-15)13-18(19,20)21;/h14-16H,3-13H2,1-2H3,(H2,22,23,24);1H. The molecule has 2 N–H and O–H groups in total. The van der Waals surface area contributed by atoms with Crippen LogP contribution in [0.15, 0.2) is 4.99 Å². The average molecular weight is 490 g/mol. The molecule has 0 atom stereocenters. The molecule has 0 spiro atoms. The Morgan fingerprint density at radius 2 is 1.69 bits per heavy atom. The number of guanidine groups is 1. The highest BCUT2D eigenvalue weighted by molar-refractivity contribution is 14.0. The van der Waals surface area contributed by atoms with Crippen molar-refractivity contribution < 1.29 is 13.2 Å². The number of alkyl halides is 3. The van der Waals surface area contributed by atoms with Gasteiger partial charge in [-0.05, 0) is 69.9 Å². The largest absolute Gasteiger partial charge is 0.401 e. The number of likely N-dealkylation sites (tertiary alicyclic amines) is 1. The van der Waals surface area contributed by atoms with Crippen molar-refractivity contribution >= 4 is 29.9 Å². The number of rotatable bonds is 5. The predicted molar refractivity (Wildman–Crippen MR) is 111 cm³/mol. The van der Waals surface area contributed by atoms with E-state index in [1.165, 1.54) is 30.6 Å². The maximum absolute atomic E-state index is 12.4. The van der Waals surface area contributed by atoms with Gasteiger partial charge in [0.15, 0.2) is 5.96 Å². The molecule has 2 fully saturated rings. The van der Waals surface area contributed by atoms with Crippen LogP contribution in [0.3, 0.4) is 0 Å². The molecule has 8 heteroatoms. The Hall–Kier alpha value is -0.250. The molecule has 4 nitrogen and oxygen atoms in total. The summed E-state index contributed by atoms with van der Waals surface area (Å²) in [6, 6.07) is 0.507. The lowest BCUT2D eigenvalue weighted by Crippen LogP contribution is -2.45. The first-order valence-corrected chi connectivity index (χ1v) is 9.62. The maximum Gasteiger partial charge on any atom is 0.401 e. The third-order valence-corrected chi connectivity index (χ3v) is 5.54. The second-order valence-corrected chi connectivity index (χ2v) is 7.72. The molecule has 0 aromatic rings. The molecule has 1 saturated carbocycles. The highest BCUT2D eigenvalue weighted by Crippen LogP contribution is 2.24. The molecule has 0 aromatic heterocycles. The molecule has 2 aliphatic rings. The topological polar surface area (TPSA) is 39.7 Å². The van der Waals surface area contributed by atoms with E-state index < -0.39 is 12.7 Å². The van der Waals surface area contributed by atoms with E-state index >= 15 is 0 Å². The lowest BCUT2D eigenvalue weighted by Gasteiger charge is -2.32. The first-order valence-electron chi connectivity index (χ1n) is 9.62. The van der Waals surface area contributed by atoms with Gasteiger partial charge in [-0.2, -0.15) is 13.2 Å². The molecule has 0 bridgehead atoms. The lowest BCUT2D eigenvalue weighted by atomic mass is 9.87. The van der Waals surface area contributed by atoms with Gasteiger partial charge in [-0.3, -0.25) is 9.89 Å². The minimum Gasteiger partial charge on any atom is -0.356 e. The Balaban J connectivity index is 0.00000338. The smallest absolute Gasteiger partial charge is 0.356 e. The Bertz CT molecular complexity index is 415. The van der Waals surface area contributed by atoms with Gasteiger partial charge in [0.25, 0.3) is 0 Å². The van der Waals surface area contributed by atoms with Crippen molar-refractivity contribution in [3.63, 3.8) is 0 Å². The molecule has 0 radical (unpaired) electrons. The fourth-order valence-electron chi connectivity index (χ4n) is 3.87. The molecule has 2 rings (SSSR count). The van der Waals surface area contributed by atoms with Gasteiger partial charge >= 0.3 is 6.18 Å². The van der Waals surface area contributed by atoms with Crippen molar-refractivity contribution in [1.82, 2.24) is 15.5 Å². The second kappa shape index (κ2) is 11.6. The van der Waals surface area contributed by atoms with Crippen LogP contribution in [-0.2, 0) is 0 Å². The van der Waals surface area contributed by atoms with Gasteiger partial charge in [0.05, 0.1) is 6.54 Å². The first kappa shape index (κ1) is 23.8. The van der Waals surface area contributed by atoms with Crippen LogP contribution < -0.4 is 10.6 Å². The zero-order valence-electron chi connectivity index (χ0n) is 15.9. The summed E-state index contributed by atoms with van der Waals surface area (Å²) in [7, 11) is 1.79. The number of piperidine rings is 1. The van der Waals surface area contributed by atoms with E-state index in [1.807, 2.05) is 0 Å². The van der Waals surface area contributed by atoms with E-state index in [1.54, 1.807) is 7.05 Å². The van der Waals surface area contributed by atoms with Crippen molar-refractivity contribution in [2.24, 2.45) is 16.8 Å². The molecule has 26 heavy (non-hydrogen) atoms. The SMILES string of the molecule is CN=C(NCCC1CCN(CC(F)(F)F)CC1)NC1CCC(C)CC1.I. The number of hydrogen-bond acceptors (Lipinski definition) is 2. The number of aliphatic imine (C=N–C) groups is 1. The third-order valence-electron chi connectivity index (χ3n) is 5.54. The average Bonchev–Trinajstić information content (AvgIpc) is 2.56. The monoisotopic (exact) mass is 490 g/mol. The van der Waals surface area contributed by atoms with Crippen molar-refractivity contribution in [3.8, 4) is 0 Å². The summed E-state index contributed by atoms with van der Waals surface area (Å²) in [5, 5.41) is 6.87. The van der Waals surface area contributed by atoms with Crippen molar-refractivity contribution in [2.45, 2.75) is 64.1 Å². The molecule has 0 aromatic carbocycles. The van der Waals surface area contributed by atoms with Crippen LogP contribution in [0.25, 0.3) is 0 Å². The predicted octanol–water partition coefficient (Wildman–Crippen LogP) is 4.01. The van der Waals surface area contributed by atoms with Gasteiger partial charge in [-0.1, -0.05) is 6.92 Å². The van der Waals surface area contributed by atoms with Crippen LogP contribution in [0.5, 0.6) is 0 Å². The number of halogens is 4. The summed E-state index contributed by atoms with van der Waals surface area (Å²) in [4.78, 5) is 5.82. The quantitative estimate of drug-likeness (QED) is 0.348. The van der Waals surface area contributed by atoms with Crippen LogP contribution in [-0.4, -0.2) is 56.3 Å². The fourth-order valence-corrected chi connectivity index (χ4v) is 3.87. The van der Waals surface area contributed by atoms with E-state index in [-0.39, 0.29) is 24.0 Å². The summed E-state index contributed by atoms with van der Waals surface area (Å²) in [6.45, 7) is 3.47. The highest BCUT2D eigenvalue weighted by atomic mass is 127. The zero-order chi connectivity index (χ0) is 18.3. The Morgan fingerprint density at radius 3 is 2.23 bits per heavy atom. The summed E-state index contributed by atoms with van der Waals surface area (Å²) in [5.74, 6) is 2.19. The van der Waals surface area contributed by atoms with Crippen LogP contribution in [0.2, 0.25) is 0 Å².